The van der Waals surface area contributed by atoms with Gasteiger partial charge < -0.3 is 15.4 Å². The fourth-order valence-corrected chi connectivity index (χ4v) is 3.51. The Morgan fingerprint density at radius 2 is 1.94 bits per heavy atom. The van der Waals surface area contributed by atoms with Crippen molar-refractivity contribution < 1.29 is 4.74 Å². The van der Waals surface area contributed by atoms with E-state index in [9.17, 15) is 0 Å². The molecule has 2 aliphatic rings. The van der Waals surface area contributed by atoms with Gasteiger partial charge >= 0.3 is 0 Å². The van der Waals surface area contributed by atoms with E-state index in [2.05, 4.69) is 30.8 Å². The summed E-state index contributed by atoms with van der Waals surface area (Å²) in [6, 6.07) is 0.701. The predicted molar refractivity (Wildman–Crippen MR) is 74.7 cm³/mol. The standard InChI is InChI=1S/C14H29N3O/c1-4-18-13-9-14(10-13,11-15)17(3)12-5-7-16(2)8-6-12/h12-13H,4-11,15H2,1-3H3. The Balaban J connectivity index is 1.89. The molecule has 0 bridgehead atoms. The van der Waals surface area contributed by atoms with Gasteiger partial charge in [-0.3, -0.25) is 4.90 Å². The Bertz CT molecular complexity index is 258. The van der Waals surface area contributed by atoms with Crippen molar-refractivity contribution in [3.63, 3.8) is 0 Å². The molecule has 106 valence electrons. The number of piperidine rings is 1. The van der Waals surface area contributed by atoms with E-state index in [1.165, 1.54) is 25.9 Å². The smallest absolute Gasteiger partial charge is 0.0611 e. The number of rotatable bonds is 5. The Labute approximate surface area is 111 Å². The van der Waals surface area contributed by atoms with Crippen LogP contribution in [-0.2, 0) is 4.74 Å². The Hall–Kier alpha value is -0.160. The van der Waals surface area contributed by atoms with E-state index in [0.717, 1.165) is 26.0 Å². The Morgan fingerprint density at radius 1 is 1.33 bits per heavy atom. The second-order valence-electron chi connectivity index (χ2n) is 6.06. The van der Waals surface area contributed by atoms with Crippen LogP contribution in [0.15, 0.2) is 0 Å². The van der Waals surface area contributed by atoms with Gasteiger partial charge in [0.25, 0.3) is 0 Å². The molecule has 1 saturated heterocycles. The molecule has 2 rings (SSSR count). The van der Waals surface area contributed by atoms with Crippen molar-refractivity contribution in [3.05, 3.63) is 0 Å². The molecule has 0 atom stereocenters. The number of ether oxygens (including phenoxy) is 1. The van der Waals surface area contributed by atoms with Crippen LogP contribution in [-0.4, -0.2) is 67.8 Å². The third-order valence-corrected chi connectivity index (χ3v) is 4.98. The SMILES string of the molecule is CCOC1CC(CN)(N(C)C2CCN(C)CC2)C1. The predicted octanol–water partition coefficient (Wildman–Crippen LogP) is 0.909. The zero-order valence-corrected chi connectivity index (χ0v) is 12.2. The van der Waals surface area contributed by atoms with Gasteiger partial charge in [-0.15, -0.1) is 0 Å². The van der Waals surface area contributed by atoms with Crippen LogP contribution in [0.25, 0.3) is 0 Å². The molecule has 0 aromatic rings. The van der Waals surface area contributed by atoms with Crippen LogP contribution in [0, 0.1) is 0 Å². The molecule has 0 spiro atoms. The van der Waals surface area contributed by atoms with Crippen molar-refractivity contribution in [1.82, 2.24) is 9.80 Å². The number of nitrogens with zero attached hydrogens (tertiary/aromatic N) is 2. The van der Waals surface area contributed by atoms with Gasteiger partial charge in [0.15, 0.2) is 0 Å². The summed E-state index contributed by atoms with van der Waals surface area (Å²) < 4.78 is 5.70. The van der Waals surface area contributed by atoms with Crippen LogP contribution in [0.1, 0.15) is 32.6 Å². The van der Waals surface area contributed by atoms with Crippen molar-refractivity contribution in [2.45, 2.75) is 50.3 Å². The topological polar surface area (TPSA) is 41.7 Å². The molecule has 2 N–H and O–H groups in total. The lowest BCUT2D eigenvalue weighted by molar-refractivity contribution is -0.109. The summed E-state index contributed by atoms with van der Waals surface area (Å²) in [6.45, 7) is 6.08. The summed E-state index contributed by atoms with van der Waals surface area (Å²) in [6.07, 6.45) is 5.20. The van der Waals surface area contributed by atoms with E-state index in [0.29, 0.717) is 12.1 Å². The maximum atomic E-state index is 6.05. The first-order chi connectivity index (χ1) is 8.61. The van der Waals surface area contributed by atoms with Crippen molar-refractivity contribution in [2.75, 3.05) is 40.3 Å². The van der Waals surface area contributed by atoms with Crippen molar-refractivity contribution in [2.24, 2.45) is 5.73 Å². The molecular weight excluding hydrogens is 226 g/mol. The van der Waals surface area contributed by atoms with E-state index in [1.54, 1.807) is 0 Å². The molecule has 18 heavy (non-hydrogen) atoms. The molecule has 4 nitrogen and oxygen atoms in total. The maximum Gasteiger partial charge on any atom is 0.0611 e. The number of nitrogens with two attached hydrogens (primary N) is 1. The molecule has 1 aliphatic heterocycles. The van der Waals surface area contributed by atoms with Gasteiger partial charge in [0.2, 0.25) is 0 Å². The summed E-state index contributed by atoms with van der Waals surface area (Å²) in [5.41, 5.74) is 6.26. The lowest BCUT2D eigenvalue weighted by Gasteiger charge is -2.55. The third-order valence-electron chi connectivity index (χ3n) is 4.98. The van der Waals surface area contributed by atoms with E-state index in [4.69, 9.17) is 10.5 Å². The highest BCUT2D eigenvalue weighted by atomic mass is 16.5. The van der Waals surface area contributed by atoms with Crippen LogP contribution >= 0.6 is 0 Å². The highest BCUT2D eigenvalue weighted by Crippen LogP contribution is 2.40. The highest BCUT2D eigenvalue weighted by molar-refractivity contribution is 5.05. The normalized spacial score (nSPS) is 34.8. The van der Waals surface area contributed by atoms with E-state index >= 15 is 0 Å². The van der Waals surface area contributed by atoms with E-state index < -0.39 is 0 Å². The lowest BCUT2D eigenvalue weighted by Crippen LogP contribution is -2.66. The van der Waals surface area contributed by atoms with Crippen molar-refractivity contribution in [1.29, 1.82) is 0 Å². The minimum Gasteiger partial charge on any atom is -0.378 e. The molecule has 0 amide bonds. The van der Waals surface area contributed by atoms with Gasteiger partial charge in [-0.2, -0.15) is 0 Å². The first-order valence-electron chi connectivity index (χ1n) is 7.34. The Kier molecular flexibility index (Phi) is 4.64. The fourth-order valence-electron chi connectivity index (χ4n) is 3.51. The van der Waals surface area contributed by atoms with Gasteiger partial charge in [0, 0.05) is 24.7 Å². The van der Waals surface area contributed by atoms with Crippen LogP contribution in [0.2, 0.25) is 0 Å². The molecule has 0 aromatic heterocycles. The van der Waals surface area contributed by atoms with Gasteiger partial charge in [0.05, 0.1) is 6.10 Å². The summed E-state index contributed by atoms with van der Waals surface area (Å²) in [5.74, 6) is 0. The quantitative estimate of drug-likeness (QED) is 0.793. The van der Waals surface area contributed by atoms with E-state index in [-0.39, 0.29) is 5.54 Å². The van der Waals surface area contributed by atoms with Gasteiger partial charge in [-0.05, 0) is 59.8 Å². The third kappa shape index (κ3) is 2.72. The molecule has 0 radical (unpaired) electrons. The largest absolute Gasteiger partial charge is 0.378 e. The molecular formula is C14H29N3O. The highest BCUT2D eigenvalue weighted by Gasteiger charge is 2.48. The van der Waals surface area contributed by atoms with Crippen molar-refractivity contribution >= 4 is 0 Å². The molecule has 2 fully saturated rings. The van der Waals surface area contributed by atoms with Crippen LogP contribution in [0.5, 0.6) is 0 Å². The van der Waals surface area contributed by atoms with Gasteiger partial charge in [-0.1, -0.05) is 0 Å². The van der Waals surface area contributed by atoms with Crippen molar-refractivity contribution in [3.8, 4) is 0 Å². The summed E-state index contributed by atoms with van der Waals surface area (Å²) in [5, 5.41) is 0. The summed E-state index contributed by atoms with van der Waals surface area (Å²) in [4.78, 5) is 4.98. The molecule has 4 heteroatoms. The minimum atomic E-state index is 0.209. The van der Waals surface area contributed by atoms with Crippen LogP contribution < -0.4 is 5.73 Å². The summed E-state index contributed by atoms with van der Waals surface area (Å²) >= 11 is 0. The number of likely N-dealkylation sites (tertiary alicyclic amines) is 1. The monoisotopic (exact) mass is 255 g/mol. The second-order valence-corrected chi connectivity index (χ2v) is 6.06. The van der Waals surface area contributed by atoms with Gasteiger partial charge in [-0.25, -0.2) is 0 Å². The zero-order valence-electron chi connectivity index (χ0n) is 12.2. The number of hydrogen-bond acceptors (Lipinski definition) is 4. The maximum absolute atomic E-state index is 6.05. The first-order valence-corrected chi connectivity index (χ1v) is 7.34. The average Bonchev–Trinajstić information content (AvgIpc) is 2.33. The Morgan fingerprint density at radius 3 is 2.44 bits per heavy atom. The number of hydrogen-bond donors (Lipinski definition) is 1. The molecule has 1 saturated carbocycles. The van der Waals surface area contributed by atoms with Crippen LogP contribution in [0.3, 0.4) is 0 Å². The van der Waals surface area contributed by atoms with Crippen LogP contribution in [0.4, 0.5) is 0 Å². The average molecular weight is 255 g/mol. The fraction of sp³-hybridized carbons (Fsp3) is 1.00. The number of likely N-dealkylation sites (N-methyl/N-ethyl adjacent to an activating group) is 1. The molecule has 0 unspecified atom stereocenters. The zero-order chi connectivity index (χ0) is 13.2. The van der Waals surface area contributed by atoms with E-state index in [1.807, 2.05) is 0 Å². The molecule has 1 aliphatic carbocycles. The van der Waals surface area contributed by atoms with Gasteiger partial charge in [0.1, 0.15) is 0 Å². The second kappa shape index (κ2) is 5.87. The molecule has 1 heterocycles. The lowest BCUT2D eigenvalue weighted by atomic mass is 9.72. The molecule has 0 aromatic carbocycles. The minimum absolute atomic E-state index is 0.209. The first kappa shape index (κ1) is 14.3. The summed E-state index contributed by atoms with van der Waals surface area (Å²) in [7, 11) is 4.48.